The molecule has 0 spiro atoms. The van der Waals surface area contributed by atoms with Crippen LogP contribution in [0.1, 0.15) is 38.7 Å². The minimum atomic E-state index is 0.709. The topological polar surface area (TPSA) is 15.3 Å². The minimum absolute atomic E-state index is 0.709. The van der Waals surface area contributed by atoms with Crippen LogP contribution in [0.2, 0.25) is 0 Å². The highest BCUT2D eigenvalue weighted by Gasteiger charge is 2.25. The maximum atomic E-state index is 3.70. The molecule has 2 heterocycles. The molecule has 0 aromatic carbocycles. The van der Waals surface area contributed by atoms with Crippen LogP contribution in [0.25, 0.3) is 0 Å². The van der Waals surface area contributed by atoms with Crippen LogP contribution in [0.3, 0.4) is 0 Å². The zero-order valence-corrected chi connectivity index (χ0v) is 12.5. The number of nitrogens with zero attached hydrogens (tertiary/aromatic N) is 1. The highest BCUT2D eigenvalue weighted by atomic mass is 32.1. The smallest absolute Gasteiger partial charge is 0.0218 e. The molecule has 3 heteroatoms. The zero-order chi connectivity index (χ0) is 12.8. The Morgan fingerprint density at radius 2 is 2.33 bits per heavy atom. The summed E-state index contributed by atoms with van der Waals surface area (Å²) in [5.74, 6) is 0. The Bertz CT molecular complexity index is 323. The Labute approximate surface area is 115 Å². The van der Waals surface area contributed by atoms with E-state index in [1.807, 2.05) is 11.3 Å². The fraction of sp³-hybridized carbons (Fsp3) is 0.733. The molecule has 1 aromatic heterocycles. The lowest BCUT2D eigenvalue weighted by Gasteiger charge is -2.40. The largest absolute Gasteiger partial charge is 0.311 e. The molecule has 1 aromatic rings. The maximum Gasteiger partial charge on any atom is 0.0218 e. The second-order valence-electron chi connectivity index (χ2n) is 5.33. The molecule has 1 fully saturated rings. The minimum Gasteiger partial charge on any atom is -0.311 e. The molecule has 2 unspecified atom stereocenters. The Morgan fingerprint density at radius 1 is 1.44 bits per heavy atom. The normalized spacial score (nSPS) is 25.4. The number of nitrogens with one attached hydrogen (secondary N) is 1. The van der Waals surface area contributed by atoms with E-state index < -0.39 is 0 Å². The fourth-order valence-corrected chi connectivity index (χ4v) is 3.56. The van der Waals surface area contributed by atoms with E-state index in [0.29, 0.717) is 6.04 Å². The van der Waals surface area contributed by atoms with Crippen molar-refractivity contribution in [2.75, 3.05) is 19.6 Å². The van der Waals surface area contributed by atoms with Crippen molar-refractivity contribution in [1.82, 2.24) is 10.2 Å². The van der Waals surface area contributed by atoms with E-state index in [2.05, 4.69) is 40.9 Å². The highest BCUT2D eigenvalue weighted by Crippen LogP contribution is 2.15. The van der Waals surface area contributed by atoms with Crippen LogP contribution in [0.5, 0.6) is 0 Å². The summed E-state index contributed by atoms with van der Waals surface area (Å²) in [7, 11) is 0. The predicted octanol–water partition coefficient (Wildman–Crippen LogP) is 3.14. The molecular formula is C15H26N2S. The van der Waals surface area contributed by atoms with E-state index in [1.54, 1.807) is 0 Å². The van der Waals surface area contributed by atoms with Crippen molar-refractivity contribution in [3.05, 3.63) is 22.4 Å². The third-order valence-electron chi connectivity index (χ3n) is 3.99. The van der Waals surface area contributed by atoms with E-state index in [9.17, 15) is 0 Å². The Hall–Kier alpha value is -0.380. The summed E-state index contributed by atoms with van der Waals surface area (Å²) >= 11 is 1.81. The molecule has 0 aliphatic carbocycles. The van der Waals surface area contributed by atoms with Gasteiger partial charge in [-0.05, 0) is 41.7 Å². The summed E-state index contributed by atoms with van der Waals surface area (Å²) in [5, 5.41) is 8.17. The highest BCUT2D eigenvalue weighted by molar-refractivity contribution is 7.07. The molecule has 18 heavy (non-hydrogen) atoms. The van der Waals surface area contributed by atoms with Gasteiger partial charge in [0.05, 0.1) is 0 Å². The zero-order valence-electron chi connectivity index (χ0n) is 11.7. The Morgan fingerprint density at radius 3 is 3.00 bits per heavy atom. The summed E-state index contributed by atoms with van der Waals surface area (Å²) in [6.07, 6.45) is 5.06. The van der Waals surface area contributed by atoms with Gasteiger partial charge in [0, 0.05) is 31.7 Å². The van der Waals surface area contributed by atoms with Gasteiger partial charge in [-0.2, -0.15) is 11.3 Å². The van der Waals surface area contributed by atoms with Crippen molar-refractivity contribution in [1.29, 1.82) is 0 Å². The van der Waals surface area contributed by atoms with Crippen molar-refractivity contribution in [3.8, 4) is 0 Å². The van der Waals surface area contributed by atoms with E-state index in [4.69, 9.17) is 0 Å². The van der Waals surface area contributed by atoms with Crippen molar-refractivity contribution in [3.63, 3.8) is 0 Å². The van der Waals surface area contributed by atoms with Crippen LogP contribution in [0.4, 0.5) is 0 Å². The molecule has 102 valence electrons. The number of hydrogen-bond donors (Lipinski definition) is 1. The molecule has 2 nitrogen and oxygen atoms in total. The first kappa shape index (κ1) is 14.0. The van der Waals surface area contributed by atoms with Gasteiger partial charge in [0.1, 0.15) is 0 Å². The Kier molecular flexibility index (Phi) is 5.67. The van der Waals surface area contributed by atoms with Crippen molar-refractivity contribution in [2.24, 2.45) is 0 Å². The summed E-state index contributed by atoms with van der Waals surface area (Å²) in [5.41, 5.74) is 1.50. The lowest BCUT2D eigenvalue weighted by Crippen LogP contribution is -2.56. The molecule has 1 aliphatic rings. The monoisotopic (exact) mass is 266 g/mol. The van der Waals surface area contributed by atoms with Crippen LogP contribution >= 0.6 is 11.3 Å². The van der Waals surface area contributed by atoms with Crippen LogP contribution in [0.15, 0.2) is 16.8 Å². The van der Waals surface area contributed by atoms with Crippen molar-refractivity contribution < 1.29 is 0 Å². The lowest BCUT2D eigenvalue weighted by molar-refractivity contribution is 0.124. The molecule has 2 rings (SSSR count). The van der Waals surface area contributed by atoms with Crippen molar-refractivity contribution in [2.45, 2.75) is 51.6 Å². The quantitative estimate of drug-likeness (QED) is 0.851. The second kappa shape index (κ2) is 7.27. The van der Waals surface area contributed by atoms with Gasteiger partial charge in [0.15, 0.2) is 0 Å². The summed E-state index contributed by atoms with van der Waals surface area (Å²) < 4.78 is 0. The summed E-state index contributed by atoms with van der Waals surface area (Å²) in [6.45, 7) is 8.21. The standard InChI is InChI=1S/C15H26N2S/c1-3-5-14-11-17(15(4-2)10-16-14)8-6-13-7-9-18-12-13/h7,9,12,14-16H,3-6,8,10-11H2,1-2H3. The number of rotatable bonds is 6. The van der Waals surface area contributed by atoms with Gasteiger partial charge < -0.3 is 5.32 Å². The molecule has 0 radical (unpaired) electrons. The van der Waals surface area contributed by atoms with Crippen LogP contribution in [-0.2, 0) is 6.42 Å². The van der Waals surface area contributed by atoms with Gasteiger partial charge in [0.2, 0.25) is 0 Å². The number of hydrogen-bond acceptors (Lipinski definition) is 3. The predicted molar refractivity (Wildman–Crippen MR) is 80.4 cm³/mol. The average molecular weight is 266 g/mol. The van der Waals surface area contributed by atoms with Gasteiger partial charge in [-0.3, -0.25) is 4.90 Å². The van der Waals surface area contributed by atoms with Crippen LogP contribution in [0, 0.1) is 0 Å². The van der Waals surface area contributed by atoms with E-state index >= 15 is 0 Å². The molecule has 1 saturated heterocycles. The lowest BCUT2D eigenvalue weighted by atomic mass is 10.0. The second-order valence-corrected chi connectivity index (χ2v) is 6.11. The van der Waals surface area contributed by atoms with Gasteiger partial charge in [-0.15, -0.1) is 0 Å². The molecule has 0 saturated carbocycles. The first-order valence-electron chi connectivity index (χ1n) is 7.32. The average Bonchev–Trinajstić information content (AvgIpc) is 2.90. The molecule has 0 bridgehead atoms. The first-order chi connectivity index (χ1) is 8.83. The number of thiophene rings is 1. The van der Waals surface area contributed by atoms with E-state index in [1.165, 1.54) is 50.9 Å². The third-order valence-corrected chi connectivity index (χ3v) is 4.72. The summed E-state index contributed by atoms with van der Waals surface area (Å²) in [6, 6.07) is 3.70. The van der Waals surface area contributed by atoms with Gasteiger partial charge in [-0.25, -0.2) is 0 Å². The molecule has 0 amide bonds. The van der Waals surface area contributed by atoms with E-state index in [0.717, 1.165) is 6.04 Å². The van der Waals surface area contributed by atoms with Crippen molar-refractivity contribution >= 4 is 11.3 Å². The maximum absolute atomic E-state index is 3.70. The molecule has 2 atom stereocenters. The van der Waals surface area contributed by atoms with E-state index in [-0.39, 0.29) is 0 Å². The molecule has 1 aliphatic heterocycles. The van der Waals surface area contributed by atoms with Gasteiger partial charge >= 0.3 is 0 Å². The summed E-state index contributed by atoms with van der Waals surface area (Å²) in [4.78, 5) is 2.70. The third kappa shape index (κ3) is 3.81. The van der Waals surface area contributed by atoms with Crippen LogP contribution < -0.4 is 5.32 Å². The Balaban J connectivity index is 1.85. The fourth-order valence-electron chi connectivity index (χ4n) is 2.85. The molecule has 1 N–H and O–H groups in total. The first-order valence-corrected chi connectivity index (χ1v) is 8.26. The number of piperazine rings is 1. The molecular weight excluding hydrogens is 240 g/mol. The van der Waals surface area contributed by atoms with Crippen LogP contribution in [-0.4, -0.2) is 36.6 Å². The van der Waals surface area contributed by atoms with Gasteiger partial charge in [-0.1, -0.05) is 20.3 Å². The van der Waals surface area contributed by atoms with Gasteiger partial charge in [0.25, 0.3) is 0 Å². The SMILES string of the molecule is CCCC1CN(CCc2ccsc2)C(CC)CN1.